The number of alkyl halides is 3. The Hall–Kier alpha value is -4.23. The zero-order chi connectivity index (χ0) is 21.5. The van der Waals surface area contributed by atoms with Gasteiger partial charge < -0.3 is 0 Å². The van der Waals surface area contributed by atoms with Crippen molar-refractivity contribution >= 4 is 28.1 Å². The molecule has 1 aromatic heterocycles. The topological polar surface area (TPSA) is 155 Å². The van der Waals surface area contributed by atoms with Crippen LogP contribution in [-0.2, 0) is 6.18 Å². The van der Waals surface area contributed by atoms with Crippen molar-refractivity contribution in [3.8, 4) is 11.3 Å². The van der Waals surface area contributed by atoms with Gasteiger partial charge in [-0.3, -0.25) is 30.3 Å². The minimum atomic E-state index is -5.11. The first-order valence-corrected chi connectivity index (χ1v) is 7.46. The van der Waals surface area contributed by atoms with Crippen LogP contribution in [0.5, 0.6) is 0 Å². The molecule has 0 aliphatic carbocycles. The van der Waals surface area contributed by atoms with Gasteiger partial charge in [0.25, 0.3) is 5.69 Å². The Kier molecular flexibility index (Phi) is 4.54. The summed E-state index contributed by atoms with van der Waals surface area (Å²) < 4.78 is 40.6. The first kappa shape index (κ1) is 19.5. The minimum absolute atomic E-state index is 0.469. The highest BCUT2D eigenvalue weighted by Crippen LogP contribution is 2.40. The molecule has 2 aromatic carbocycles. The fourth-order valence-corrected chi connectivity index (χ4v) is 2.59. The van der Waals surface area contributed by atoms with Crippen LogP contribution in [0.4, 0.5) is 30.2 Å². The van der Waals surface area contributed by atoms with E-state index in [2.05, 4.69) is 9.97 Å². The summed E-state index contributed by atoms with van der Waals surface area (Å²) in [5.41, 5.74) is -6.93. The Morgan fingerprint density at radius 1 is 0.759 bits per heavy atom. The molecule has 0 atom stereocenters. The molecular weight excluding hydrogens is 403 g/mol. The molecule has 0 spiro atoms. The highest BCUT2D eigenvalue weighted by molar-refractivity contribution is 5.86. The lowest BCUT2D eigenvalue weighted by atomic mass is 10.1. The van der Waals surface area contributed by atoms with E-state index in [1.165, 1.54) is 12.1 Å². The fraction of sp³-hybridized carbons (Fsp3) is 0.0667. The highest BCUT2D eigenvalue weighted by Gasteiger charge is 2.39. The van der Waals surface area contributed by atoms with Crippen LogP contribution in [0.15, 0.2) is 36.4 Å². The standard InChI is InChI=1S/C15H6F3N5O6/c16-15(17,18)14-13(7-3-1-2-4-10(7)21(24)25)19-8-5-11(22(26)27)12(23(28)29)6-9(8)20-14/h1-6H. The fourth-order valence-electron chi connectivity index (χ4n) is 2.59. The predicted octanol–water partition coefficient (Wildman–Crippen LogP) is 4.04. The van der Waals surface area contributed by atoms with E-state index in [1.54, 1.807) is 0 Å². The van der Waals surface area contributed by atoms with Crippen LogP contribution in [0.2, 0.25) is 0 Å². The predicted molar refractivity (Wildman–Crippen MR) is 89.9 cm³/mol. The molecule has 0 unspecified atom stereocenters. The van der Waals surface area contributed by atoms with Gasteiger partial charge in [-0.2, -0.15) is 13.2 Å². The van der Waals surface area contributed by atoms with Gasteiger partial charge in [0.15, 0.2) is 5.69 Å². The van der Waals surface area contributed by atoms with Crippen LogP contribution in [0.25, 0.3) is 22.3 Å². The van der Waals surface area contributed by atoms with Gasteiger partial charge in [0.2, 0.25) is 0 Å². The number of hydrogen-bond donors (Lipinski definition) is 0. The summed E-state index contributed by atoms with van der Waals surface area (Å²) in [6.07, 6.45) is -5.11. The van der Waals surface area contributed by atoms with Gasteiger partial charge in [-0.15, -0.1) is 0 Å². The van der Waals surface area contributed by atoms with Crippen molar-refractivity contribution in [2.45, 2.75) is 6.18 Å². The maximum atomic E-state index is 13.5. The second kappa shape index (κ2) is 6.74. The molecule has 148 valence electrons. The van der Waals surface area contributed by atoms with Crippen LogP contribution < -0.4 is 0 Å². The molecule has 0 fully saturated rings. The van der Waals surface area contributed by atoms with E-state index in [1.807, 2.05) is 0 Å². The molecule has 11 nitrogen and oxygen atoms in total. The summed E-state index contributed by atoms with van der Waals surface area (Å²) in [5.74, 6) is 0. The quantitative estimate of drug-likeness (QED) is 0.462. The largest absolute Gasteiger partial charge is 0.435 e. The number of fused-ring (bicyclic) bond motifs is 1. The zero-order valence-corrected chi connectivity index (χ0v) is 13.8. The van der Waals surface area contributed by atoms with Crippen LogP contribution >= 0.6 is 0 Å². The second-order valence-corrected chi connectivity index (χ2v) is 5.54. The third kappa shape index (κ3) is 3.50. The molecule has 1 heterocycles. The molecule has 0 bridgehead atoms. The average Bonchev–Trinajstić information content (AvgIpc) is 2.64. The smallest absolute Gasteiger partial charge is 0.258 e. The number of nitro benzene ring substituents is 3. The van der Waals surface area contributed by atoms with Crippen molar-refractivity contribution in [2.75, 3.05) is 0 Å². The molecule has 0 saturated carbocycles. The van der Waals surface area contributed by atoms with Crippen molar-refractivity contribution in [1.82, 2.24) is 9.97 Å². The van der Waals surface area contributed by atoms with Crippen molar-refractivity contribution in [3.63, 3.8) is 0 Å². The van der Waals surface area contributed by atoms with Crippen molar-refractivity contribution in [3.05, 3.63) is 72.4 Å². The lowest BCUT2D eigenvalue weighted by Crippen LogP contribution is -2.13. The summed E-state index contributed by atoms with van der Waals surface area (Å²) in [7, 11) is 0. The lowest BCUT2D eigenvalue weighted by Gasteiger charge is -2.12. The third-order valence-electron chi connectivity index (χ3n) is 3.78. The Morgan fingerprint density at radius 2 is 1.24 bits per heavy atom. The van der Waals surface area contributed by atoms with Gasteiger partial charge >= 0.3 is 17.6 Å². The van der Waals surface area contributed by atoms with E-state index in [9.17, 15) is 43.5 Å². The number of benzene rings is 2. The summed E-state index contributed by atoms with van der Waals surface area (Å²) in [6, 6.07) is 5.55. The van der Waals surface area contributed by atoms with E-state index in [4.69, 9.17) is 0 Å². The van der Waals surface area contributed by atoms with Gasteiger partial charge in [0.05, 0.1) is 43.5 Å². The Balaban J connectivity index is 2.44. The molecular formula is C15H6F3N5O6. The number of nitro groups is 3. The normalized spacial score (nSPS) is 11.4. The number of halogens is 3. The van der Waals surface area contributed by atoms with Crippen LogP contribution in [0, 0.1) is 30.3 Å². The van der Waals surface area contributed by atoms with E-state index in [0.717, 1.165) is 12.1 Å². The first-order valence-electron chi connectivity index (χ1n) is 7.46. The number of rotatable bonds is 4. The van der Waals surface area contributed by atoms with E-state index < -0.39 is 66.0 Å². The SMILES string of the molecule is O=[N+]([O-])c1ccccc1-c1nc2cc([N+](=O)[O-])c([N+](=O)[O-])cc2nc1C(F)(F)F. The Bertz CT molecular complexity index is 1200. The summed E-state index contributed by atoms with van der Waals surface area (Å²) in [4.78, 5) is 37.2. The molecule has 0 radical (unpaired) electrons. The molecule has 0 N–H and O–H groups in total. The molecule has 14 heteroatoms. The molecule has 0 aliphatic rings. The van der Waals surface area contributed by atoms with Crippen LogP contribution in [0.3, 0.4) is 0 Å². The van der Waals surface area contributed by atoms with Gasteiger partial charge in [0.1, 0.15) is 5.69 Å². The number of aromatic nitrogens is 2. The minimum Gasteiger partial charge on any atom is -0.258 e. The second-order valence-electron chi connectivity index (χ2n) is 5.54. The van der Waals surface area contributed by atoms with E-state index in [-0.39, 0.29) is 0 Å². The zero-order valence-electron chi connectivity index (χ0n) is 13.8. The third-order valence-corrected chi connectivity index (χ3v) is 3.78. The van der Waals surface area contributed by atoms with Crippen LogP contribution in [-0.4, -0.2) is 24.7 Å². The van der Waals surface area contributed by atoms with Gasteiger partial charge in [-0.05, 0) is 6.07 Å². The van der Waals surface area contributed by atoms with E-state index in [0.29, 0.717) is 12.1 Å². The molecule has 0 amide bonds. The number of hydrogen-bond acceptors (Lipinski definition) is 8. The summed E-state index contributed by atoms with van der Waals surface area (Å²) in [6.45, 7) is 0. The molecule has 29 heavy (non-hydrogen) atoms. The van der Waals surface area contributed by atoms with Gasteiger partial charge in [-0.25, -0.2) is 9.97 Å². The maximum absolute atomic E-state index is 13.5. The van der Waals surface area contributed by atoms with Crippen molar-refractivity contribution in [1.29, 1.82) is 0 Å². The van der Waals surface area contributed by atoms with Gasteiger partial charge in [0, 0.05) is 6.07 Å². The summed E-state index contributed by atoms with van der Waals surface area (Å²) in [5, 5.41) is 33.3. The molecule has 3 aromatic rings. The number of para-hydroxylation sites is 1. The van der Waals surface area contributed by atoms with E-state index >= 15 is 0 Å². The monoisotopic (exact) mass is 409 g/mol. The van der Waals surface area contributed by atoms with Crippen molar-refractivity contribution < 1.29 is 27.9 Å². The Labute approximate surface area is 156 Å². The average molecular weight is 409 g/mol. The maximum Gasteiger partial charge on any atom is 0.435 e. The highest BCUT2D eigenvalue weighted by atomic mass is 19.4. The molecule has 3 rings (SSSR count). The lowest BCUT2D eigenvalue weighted by molar-refractivity contribution is -0.422. The Morgan fingerprint density at radius 3 is 1.72 bits per heavy atom. The molecule has 0 saturated heterocycles. The first-order chi connectivity index (χ1) is 13.5. The van der Waals surface area contributed by atoms with Crippen molar-refractivity contribution in [2.24, 2.45) is 0 Å². The van der Waals surface area contributed by atoms with Gasteiger partial charge in [-0.1, -0.05) is 12.1 Å². The van der Waals surface area contributed by atoms with Crippen LogP contribution in [0.1, 0.15) is 5.69 Å². The molecule has 0 aliphatic heterocycles. The summed E-state index contributed by atoms with van der Waals surface area (Å²) >= 11 is 0. The number of nitrogens with zero attached hydrogens (tertiary/aromatic N) is 5.